The Kier molecular flexibility index (Phi) is 6.95. The molecular weight excluding hydrogens is 368 g/mol. The third kappa shape index (κ3) is 5.82. The Morgan fingerprint density at radius 2 is 1.67 bits per heavy atom. The Hall–Kier alpha value is -2.87. The normalized spacial score (nSPS) is 10.9. The second-order valence-electron chi connectivity index (χ2n) is 5.72. The summed E-state index contributed by atoms with van der Waals surface area (Å²) in [6.45, 7) is 2.00. The molecule has 8 heteroatoms. The number of para-hydroxylation sites is 1. The average Bonchev–Trinajstić information content (AvgIpc) is 2.67. The molecule has 0 aliphatic carbocycles. The van der Waals surface area contributed by atoms with Gasteiger partial charge in [0.15, 0.2) is 0 Å². The first-order valence-corrected chi connectivity index (χ1v) is 10.0. The van der Waals surface area contributed by atoms with Gasteiger partial charge in [-0.1, -0.05) is 18.2 Å². The minimum Gasteiger partial charge on any atom is -0.462 e. The molecule has 0 atom stereocenters. The number of nitrogens with one attached hydrogen (secondary N) is 1. The Morgan fingerprint density at radius 3 is 2.26 bits per heavy atom. The van der Waals surface area contributed by atoms with Crippen LogP contribution in [0.5, 0.6) is 0 Å². The van der Waals surface area contributed by atoms with E-state index in [2.05, 4.69) is 5.32 Å². The summed E-state index contributed by atoms with van der Waals surface area (Å²) in [4.78, 5) is 23.6. The number of nitrogens with zero attached hydrogens (tertiary/aromatic N) is 1. The Labute approximate surface area is 159 Å². The Bertz CT molecular complexity index is 880. The fourth-order valence-corrected chi connectivity index (χ4v) is 3.44. The summed E-state index contributed by atoms with van der Waals surface area (Å²) in [7, 11) is -2.16. The lowest BCUT2D eigenvalue weighted by Crippen LogP contribution is -2.30. The van der Waals surface area contributed by atoms with Crippen LogP contribution in [0.2, 0.25) is 0 Å². The molecule has 0 saturated carbocycles. The third-order valence-corrected chi connectivity index (χ3v) is 5.57. The van der Waals surface area contributed by atoms with Crippen molar-refractivity contribution in [2.45, 2.75) is 13.3 Å². The van der Waals surface area contributed by atoms with Gasteiger partial charge >= 0.3 is 5.97 Å². The molecule has 7 nitrogen and oxygen atoms in total. The van der Waals surface area contributed by atoms with Crippen LogP contribution in [0.15, 0.2) is 54.6 Å². The first-order chi connectivity index (χ1) is 12.8. The van der Waals surface area contributed by atoms with E-state index in [1.165, 1.54) is 19.2 Å². The number of hydrogen-bond acceptors (Lipinski definition) is 5. The van der Waals surface area contributed by atoms with Crippen LogP contribution in [0.25, 0.3) is 0 Å². The molecule has 0 aromatic heterocycles. The summed E-state index contributed by atoms with van der Waals surface area (Å²) in [5.41, 5.74) is 1.39. The van der Waals surface area contributed by atoms with Crippen molar-refractivity contribution in [1.29, 1.82) is 0 Å². The summed E-state index contributed by atoms with van der Waals surface area (Å²) >= 11 is 0. The highest BCUT2D eigenvalue weighted by Gasteiger charge is 2.20. The van der Waals surface area contributed by atoms with E-state index in [-0.39, 0.29) is 18.8 Å². The van der Waals surface area contributed by atoms with E-state index in [1.807, 2.05) is 0 Å². The molecule has 1 amide bonds. The average molecular weight is 390 g/mol. The highest BCUT2D eigenvalue weighted by atomic mass is 32.2. The van der Waals surface area contributed by atoms with Gasteiger partial charge in [-0.3, -0.25) is 9.10 Å². The lowest BCUT2D eigenvalue weighted by molar-refractivity contribution is -0.115. The van der Waals surface area contributed by atoms with Gasteiger partial charge in [-0.2, -0.15) is 0 Å². The number of carbonyl (C=O) groups is 2. The van der Waals surface area contributed by atoms with E-state index >= 15 is 0 Å². The molecule has 0 unspecified atom stereocenters. The third-order valence-electron chi connectivity index (χ3n) is 3.80. The van der Waals surface area contributed by atoms with Gasteiger partial charge in [0.05, 0.1) is 23.6 Å². The molecule has 0 radical (unpaired) electrons. The number of hydrogen-bond donors (Lipinski definition) is 1. The zero-order valence-corrected chi connectivity index (χ0v) is 16.0. The number of carbonyl (C=O) groups excluding carboxylic acids is 2. The van der Waals surface area contributed by atoms with E-state index in [9.17, 15) is 18.0 Å². The van der Waals surface area contributed by atoms with Gasteiger partial charge < -0.3 is 10.1 Å². The van der Waals surface area contributed by atoms with Crippen LogP contribution in [-0.4, -0.2) is 39.7 Å². The van der Waals surface area contributed by atoms with Gasteiger partial charge in [0, 0.05) is 19.2 Å². The topological polar surface area (TPSA) is 92.8 Å². The van der Waals surface area contributed by atoms with Crippen LogP contribution >= 0.6 is 0 Å². The maximum atomic E-state index is 12.4. The van der Waals surface area contributed by atoms with Crippen molar-refractivity contribution in [3.05, 3.63) is 60.2 Å². The van der Waals surface area contributed by atoms with Crippen LogP contribution in [0, 0.1) is 0 Å². The minimum absolute atomic E-state index is 0.181. The van der Waals surface area contributed by atoms with E-state index in [4.69, 9.17) is 4.74 Å². The lowest BCUT2D eigenvalue weighted by atomic mass is 10.2. The summed E-state index contributed by atoms with van der Waals surface area (Å²) in [5.74, 6) is -1.18. The number of ether oxygens (including phenoxy) is 1. The van der Waals surface area contributed by atoms with Crippen LogP contribution in [0.1, 0.15) is 23.7 Å². The Morgan fingerprint density at radius 1 is 1.04 bits per heavy atom. The molecule has 27 heavy (non-hydrogen) atoms. The highest BCUT2D eigenvalue weighted by Crippen LogP contribution is 2.16. The van der Waals surface area contributed by atoms with Crippen molar-refractivity contribution < 1.29 is 22.7 Å². The van der Waals surface area contributed by atoms with Crippen molar-refractivity contribution in [3.8, 4) is 0 Å². The predicted molar refractivity (Wildman–Crippen MR) is 104 cm³/mol. The summed E-state index contributed by atoms with van der Waals surface area (Å²) in [6.07, 6.45) is -0.181. The van der Waals surface area contributed by atoms with Crippen molar-refractivity contribution >= 4 is 33.3 Å². The summed E-state index contributed by atoms with van der Waals surface area (Å²) in [5, 5.41) is 2.62. The molecule has 0 spiro atoms. The molecule has 2 rings (SSSR count). The van der Waals surface area contributed by atoms with Crippen LogP contribution in [0.4, 0.5) is 11.4 Å². The number of amides is 1. The Balaban J connectivity index is 1.91. The second-order valence-corrected chi connectivity index (χ2v) is 7.83. The minimum atomic E-state index is -3.61. The van der Waals surface area contributed by atoms with Crippen LogP contribution in [-0.2, 0) is 19.6 Å². The zero-order valence-electron chi connectivity index (χ0n) is 15.2. The smallest absolute Gasteiger partial charge is 0.338 e. The lowest BCUT2D eigenvalue weighted by Gasteiger charge is -2.19. The van der Waals surface area contributed by atoms with E-state index in [0.717, 1.165) is 4.31 Å². The standard InChI is InChI=1S/C19H22N2O5S/c1-3-26-19(23)15-9-11-16(12-10-15)20-18(22)13-14-27(24,25)21(2)17-7-5-4-6-8-17/h4-12H,3,13-14H2,1-2H3,(H,20,22). The second kappa shape index (κ2) is 9.18. The van der Waals surface area contributed by atoms with Crippen molar-refractivity contribution in [1.82, 2.24) is 0 Å². The van der Waals surface area contributed by atoms with Crippen molar-refractivity contribution in [2.75, 3.05) is 29.0 Å². The fourth-order valence-electron chi connectivity index (χ4n) is 2.28. The molecule has 0 aliphatic rings. The first kappa shape index (κ1) is 20.4. The predicted octanol–water partition coefficient (Wildman–Crippen LogP) is 2.66. The molecular formula is C19H22N2O5S. The number of esters is 1. The highest BCUT2D eigenvalue weighted by molar-refractivity contribution is 7.92. The number of benzene rings is 2. The molecule has 0 fully saturated rings. The summed E-state index contributed by atoms with van der Waals surface area (Å²) < 4.78 is 30.8. The summed E-state index contributed by atoms with van der Waals surface area (Å²) in [6, 6.07) is 14.8. The fraction of sp³-hybridized carbons (Fsp3) is 0.263. The molecule has 0 heterocycles. The van der Waals surface area contributed by atoms with Gasteiger partial charge in [-0.05, 0) is 43.3 Å². The quantitative estimate of drug-likeness (QED) is 0.700. The van der Waals surface area contributed by atoms with Gasteiger partial charge in [-0.25, -0.2) is 13.2 Å². The van der Waals surface area contributed by atoms with Crippen molar-refractivity contribution in [2.24, 2.45) is 0 Å². The molecule has 2 aromatic rings. The van der Waals surface area contributed by atoms with E-state index < -0.39 is 21.9 Å². The largest absolute Gasteiger partial charge is 0.462 e. The molecule has 0 bridgehead atoms. The van der Waals surface area contributed by atoms with Gasteiger partial charge in [0.2, 0.25) is 15.9 Å². The van der Waals surface area contributed by atoms with E-state index in [1.54, 1.807) is 49.4 Å². The zero-order chi connectivity index (χ0) is 19.9. The van der Waals surface area contributed by atoms with Crippen molar-refractivity contribution in [3.63, 3.8) is 0 Å². The van der Waals surface area contributed by atoms with Gasteiger partial charge in [-0.15, -0.1) is 0 Å². The van der Waals surface area contributed by atoms with Crippen LogP contribution < -0.4 is 9.62 Å². The maximum absolute atomic E-state index is 12.4. The number of sulfonamides is 1. The monoisotopic (exact) mass is 390 g/mol. The van der Waals surface area contributed by atoms with E-state index in [0.29, 0.717) is 16.9 Å². The van der Waals surface area contributed by atoms with Gasteiger partial charge in [0.1, 0.15) is 0 Å². The van der Waals surface area contributed by atoms with Gasteiger partial charge in [0.25, 0.3) is 0 Å². The number of rotatable bonds is 8. The molecule has 2 aromatic carbocycles. The number of anilines is 2. The van der Waals surface area contributed by atoms with Crippen LogP contribution in [0.3, 0.4) is 0 Å². The molecule has 0 saturated heterocycles. The SMILES string of the molecule is CCOC(=O)c1ccc(NC(=O)CCS(=O)(=O)N(C)c2ccccc2)cc1. The molecule has 0 aliphatic heterocycles. The maximum Gasteiger partial charge on any atom is 0.338 e. The first-order valence-electron chi connectivity index (χ1n) is 8.42. The molecule has 144 valence electrons. The molecule has 1 N–H and O–H groups in total.